The van der Waals surface area contributed by atoms with Crippen LogP contribution in [0.5, 0.6) is 0 Å². The highest BCUT2D eigenvalue weighted by atomic mass is 16.8. The molecule has 1 amide bonds. The van der Waals surface area contributed by atoms with Gasteiger partial charge in [-0.2, -0.15) is 0 Å². The van der Waals surface area contributed by atoms with E-state index in [9.17, 15) is 61.0 Å². The summed E-state index contributed by atoms with van der Waals surface area (Å²) in [6, 6.07) is -0.978. The average Bonchev–Trinajstić information content (AvgIpc) is 0.826. The van der Waals surface area contributed by atoms with Crippen molar-refractivity contribution in [2.45, 2.75) is 311 Å². The van der Waals surface area contributed by atoms with E-state index in [0.29, 0.717) is 6.42 Å². The van der Waals surface area contributed by atoms with Crippen molar-refractivity contribution >= 4 is 5.91 Å². The Hall–Kier alpha value is -3.55. The molecule has 17 unspecified atom stereocenters. The van der Waals surface area contributed by atoms with Crippen LogP contribution in [0.25, 0.3) is 0 Å². The largest absolute Gasteiger partial charge is 0.394 e. The number of nitrogens with one attached hydrogen (secondary N) is 1. The first-order valence-corrected chi connectivity index (χ1v) is 34.6. The zero-order valence-electron chi connectivity index (χ0n) is 55.0. The van der Waals surface area contributed by atoms with Gasteiger partial charge in [-0.1, -0.05) is 226 Å². The highest BCUT2D eigenvalue weighted by molar-refractivity contribution is 5.76. The summed E-state index contributed by atoms with van der Waals surface area (Å²) in [6.07, 6.45) is 43.9. The van der Waals surface area contributed by atoms with Crippen LogP contribution in [0.1, 0.15) is 206 Å². The van der Waals surface area contributed by atoms with E-state index in [1.165, 1.54) is 70.6 Å². The van der Waals surface area contributed by atoms with Crippen molar-refractivity contribution in [1.82, 2.24) is 5.32 Å². The molecule has 91 heavy (non-hydrogen) atoms. The van der Waals surface area contributed by atoms with Crippen molar-refractivity contribution in [3.05, 3.63) is 109 Å². The quantitative estimate of drug-likeness (QED) is 0.0200. The fraction of sp³-hybridized carbons (Fsp3) is 0.736. The third-order valence-corrected chi connectivity index (χ3v) is 16.6. The molecule has 0 aliphatic carbocycles. The molecule has 0 aromatic carbocycles. The third-order valence-electron chi connectivity index (χ3n) is 16.6. The van der Waals surface area contributed by atoms with Crippen molar-refractivity contribution in [2.75, 3.05) is 26.4 Å². The number of amides is 1. The second kappa shape index (κ2) is 52.7. The molecule has 12 N–H and O–H groups in total. The van der Waals surface area contributed by atoms with Crippen LogP contribution in [0.4, 0.5) is 0 Å². The fourth-order valence-corrected chi connectivity index (χ4v) is 11.0. The summed E-state index contributed by atoms with van der Waals surface area (Å²) >= 11 is 0. The maximum Gasteiger partial charge on any atom is 0.220 e. The van der Waals surface area contributed by atoms with Crippen molar-refractivity contribution in [3.63, 3.8) is 0 Å². The molecule has 0 saturated carbocycles. The Labute approximate surface area is 545 Å². The second-order valence-corrected chi connectivity index (χ2v) is 24.3. The van der Waals surface area contributed by atoms with Crippen LogP contribution in [0, 0.1) is 0 Å². The number of unbranched alkanes of at least 4 members (excludes halogenated alkanes) is 19. The smallest absolute Gasteiger partial charge is 0.220 e. The Balaban J connectivity index is 1.32. The van der Waals surface area contributed by atoms with Gasteiger partial charge in [-0.3, -0.25) is 4.79 Å². The first kappa shape index (κ1) is 81.7. The molecule has 19 heteroatoms. The number of rotatable bonds is 51. The van der Waals surface area contributed by atoms with E-state index in [0.717, 1.165) is 109 Å². The van der Waals surface area contributed by atoms with E-state index >= 15 is 0 Å². The van der Waals surface area contributed by atoms with E-state index in [2.05, 4.69) is 116 Å². The molecule has 0 bridgehead atoms. The summed E-state index contributed by atoms with van der Waals surface area (Å²) in [5.41, 5.74) is 0. The lowest BCUT2D eigenvalue weighted by Crippen LogP contribution is -2.66. The van der Waals surface area contributed by atoms with E-state index in [-0.39, 0.29) is 18.9 Å². The molecule has 0 spiro atoms. The predicted octanol–water partition coefficient (Wildman–Crippen LogP) is 9.05. The van der Waals surface area contributed by atoms with Gasteiger partial charge in [0.15, 0.2) is 18.9 Å². The molecule has 3 aliphatic rings. The highest BCUT2D eigenvalue weighted by Gasteiger charge is 2.53. The monoisotopic (exact) mass is 1290 g/mol. The van der Waals surface area contributed by atoms with Gasteiger partial charge in [0.25, 0.3) is 0 Å². The van der Waals surface area contributed by atoms with Gasteiger partial charge in [-0.15, -0.1) is 0 Å². The van der Waals surface area contributed by atoms with Crippen LogP contribution in [-0.4, -0.2) is 193 Å². The molecule has 17 atom stereocenters. The van der Waals surface area contributed by atoms with E-state index in [1.807, 2.05) is 6.08 Å². The van der Waals surface area contributed by atoms with Gasteiger partial charge in [0.05, 0.1) is 38.6 Å². The van der Waals surface area contributed by atoms with Gasteiger partial charge in [0.2, 0.25) is 5.91 Å². The molecular formula is C72H121NO18. The molecule has 3 heterocycles. The molecule has 3 aliphatic heterocycles. The minimum Gasteiger partial charge on any atom is -0.394 e. The van der Waals surface area contributed by atoms with Crippen molar-refractivity contribution in [3.8, 4) is 0 Å². The average molecular weight is 1290 g/mol. The lowest BCUT2D eigenvalue weighted by Gasteiger charge is -2.48. The Morgan fingerprint density at radius 3 is 1.19 bits per heavy atom. The number of carbonyl (C=O) groups is 1. The zero-order chi connectivity index (χ0) is 66.1. The van der Waals surface area contributed by atoms with E-state index in [4.69, 9.17) is 28.4 Å². The molecule has 522 valence electrons. The van der Waals surface area contributed by atoms with Gasteiger partial charge < -0.3 is 89.9 Å². The molecule has 3 saturated heterocycles. The molecular weight excluding hydrogens is 1170 g/mol. The number of ether oxygens (including phenoxy) is 6. The van der Waals surface area contributed by atoms with Crippen LogP contribution in [0.3, 0.4) is 0 Å². The summed E-state index contributed by atoms with van der Waals surface area (Å²) < 4.78 is 34.2. The van der Waals surface area contributed by atoms with Crippen LogP contribution < -0.4 is 5.32 Å². The summed E-state index contributed by atoms with van der Waals surface area (Å²) in [6.45, 7) is 1.55. The molecule has 3 fully saturated rings. The Kier molecular flexibility index (Phi) is 47.3. The Morgan fingerprint density at radius 1 is 0.407 bits per heavy atom. The molecule has 0 radical (unpaired) electrons. The van der Waals surface area contributed by atoms with Gasteiger partial charge in [0.1, 0.15) is 73.2 Å². The van der Waals surface area contributed by atoms with Crippen molar-refractivity contribution in [1.29, 1.82) is 0 Å². The van der Waals surface area contributed by atoms with Crippen LogP contribution in [-0.2, 0) is 33.2 Å². The fourth-order valence-electron chi connectivity index (χ4n) is 11.0. The van der Waals surface area contributed by atoms with Crippen LogP contribution in [0.2, 0.25) is 0 Å². The maximum atomic E-state index is 13.3. The second-order valence-electron chi connectivity index (χ2n) is 24.3. The number of carbonyl (C=O) groups excluding carboxylic acids is 1. The highest BCUT2D eigenvalue weighted by Crippen LogP contribution is 2.33. The van der Waals surface area contributed by atoms with E-state index in [1.54, 1.807) is 6.08 Å². The van der Waals surface area contributed by atoms with Gasteiger partial charge >= 0.3 is 0 Å². The summed E-state index contributed by atoms with van der Waals surface area (Å²) in [4.78, 5) is 13.3. The first-order valence-electron chi connectivity index (χ1n) is 34.6. The van der Waals surface area contributed by atoms with Gasteiger partial charge in [0, 0.05) is 6.42 Å². The molecule has 0 aromatic rings. The number of hydrogen-bond donors (Lipinski definition) is 12. The summed E-state index contributed by atoms with van der Waals surface area (Å²) in [7, 11) is 0. The van der Waals surface area contributed by atoms with Gasteiger partial charge in [-0.25, -0.2) is 0 Å². The lowest BCUT2D eigenvalue weighted by molar-refractivity contribution is -0.379. The molecule has 3 rings (SSSR count). The Morgan fingerprint density at radius 2 is 0.758 bits per heavy atom. The third kappa shape index (κ3) is 34.6. The number of aliphatic hydroxyl groups is 11. The molecule has 0 aromatic heterocycles. The Bertz CT molecular complexity index is 2070. The minimum atomic E-state index is -1.98. The predicted molar refractivity (Wildman–Crippen MR) is 355 cm³/mol. The number of allylic oxidation sites excluding steroid dienone is 17. The van der Waals surface area contributed by atoms with Crippen LogP contribution in [0.15, 0.2) is 109 Å². The zero-order valence-corrected chi connectivity index (χ0v) is 55.0. The summed E-state index contributed by atoms with van der Waals surface area (Å²) in [5, 5.41) is 120. The molecule has 19 nitrogen and oxygen atoms in total. The standard InChI is InChI=1S/C72H121NO18/c1-3-5-7-9-11-13-14-15-16-17-18-19-20-21-22-23-24-25-26-27-28-29-30-31-32-33-34-35-36-37-38-39-40-42-44-46-48-50-60(78)73-55(56(77)49-47-45-43-41-12-10-8-6-4-2)54-86-70-66(84)63(81)68(58(52-75)88-70)91-72-67(85)64(82)69(59(53-76)89-72)90-71-65(83)62(80)61(79)57(51-74)87-71/h5,7,11,13,15-16,18-19,21-22,24-25,27-28,30-31,47,49,55-59,61-72,74-77,79-85H,3-4,6,8-10,12,14,17,20,23,26,29,32-46,48,50-54H2,1-2H3,(H,73,78)/b7-5-,13-11-,16-15-,19-18-,22-21-,25-24-,28-27-,31-30-,49-47+. The van der Waals surface area contributed by atoms with Crippen molar-refractivity contribution < 1.29 is 89.4 Å². The van der Waals surface area contributed by atoms with Crippen LogP contribution >= 0.6 is 0 Å². The first-order chi connectivity index (χ1) is 44.3. The topological polar surface area (TPSA) is 307 Å². The minimum absolute atomic E-state index is 0.234. The number of hydrogen-bond acceptors (Lipinski definition) is 18. The summed E-state index contributed by atoms with van der Waals surface area (Å²) in [5.74, 6) is -0.285. The van der Waals surface area contributed by atoms with Crippen molar-refractivity contribution in [2.24, 2.45) is 0 Å². The number of aliphatic hydroxyl groups excluding tert-OH is 11. The SMILES string of the molecule is CC/C=C\C/C=C\C/C=C\C/C=C\C/C=C\C/C=C\C/C=C\C/C=C\CCCCCCCCCCCCCCC(=O)NC(COC1OC(CO)C(OC2OC(CO)C(OC3OC(CO)C(O)C(O)C3O)C(O)C2O)C(O)C1O)C(O)/C=C/CCCCCCCCC. The van der Waals surface area contributed by atoms with Gasteiger partial charge in [-0.05, 0) is 83.5 Å². The maximum absolute atomic E-state index is 13.3. The normalized spacial score (nSPS) is 28.6. The lowest BCUT2D eigenvalue weighted by atomic mass is 9.96. The van der Waals surface area contributed by atoms with E-state index < -0.39 is 124 Å².